The second-order valence-electron chi connectivity index (χ2n) is 9.17. The van der Waals surface area contributed by atoms with E-state index in [0.29, 0.717) is 17.9 Å². The van der Waals surface area contributed by atoms with E-state index in [1.54, 1.807) is 0 Å². The van der Waals surface area contributed by atoms with Crippen molar-refractivity contribution in [2.24, 2.45) is 17.8 Å². The maximum atomic E-state index is 10.6. The van der Waals surface area contributed by atoms with Crippen LogP contribution in [0, 0.1) is 17.8 Å². The van der Waals surface area contributed by atoms with Gasteiger partial charge in [-0.3, -0.25) is 0 Å². The Kier molecular flexibility index (Phi) is 9.37. The fraction of sp³-hybridized carbons (Fsp3) is 0.708. The summed E-state index contributed by atoms with van der Waals surface area (Å²) in [5.41, 5.74) is 1.46. The molecule has 32 heavy (non-hydrogen) atoms. The van der Waals surface area contributed by atoms with Crippen LogP contribution in [0.2, 0.25) is 0 Å². The second kappa shape index (κ2) is 12.0. The number of halogens is 3. The zero-order chi connectivity index (χ0) is 23.0. The van der Waals surface area contributed by atoms with Crippen LogP contribution in [-0.4, -0.2) is 67.7 Å². The van der Waals surface area contributed by atoms with Crippen molar-refractivity contribution in [3.8, 4) is 0 Å². The molecule has 8 heteroatoms. The van der Waals surface area contributed by atoms with Gasteiger partial charge in [-0.15, -0.1) is 0 Å². The van der Waals surface area contributed by atoms with E-state index in [4.69, 9.17) is 19.4 Å². The number of carboxylic acid groups (broad SMARTS) is 1. The van der Waals surface area contributed by atoms with Gasteiger partial charge in [-0.2, -0.15) is 13.2 Å². The van der Waals surface area contributed by atoms with Crippen molar-refractivity contribution in [1.82, 2.24) is 4.90 Å². The minimum absolute atomic E-state index is 0.429. The molecule has 0 aromatic heterocycles. The lowest BCUT2D eigenvalue weighted by Gasteiger charge is -2.39. The normalized spacial score (nSPS) is 25.1. The average Bonchev–Trinajstić information content (AvgIpc) is 3.58. The zero-order valence-electron chi connectivity index (χ0n) is 18.4. The van der Waals surface area contributed by atoms with Crippen molar-refractivity contribution in [3.05, 3.63) is 35.9 Å². The Balaban J connectivity index is 0.000000360. The van der Waals surface area contributed by atoms with Crippen LogP contribution in [0.15, 0.2) is 30.3 Å². The molecule has 0 unspecified atom stereocenters. The van der Waals surface area contributed by atoms with Gasteiger partial charge in [-0.25, -0.2) is 4.79 Å². The third-order valence-corrected chi connectivity index (χ3v) is 6.43. The molecule has 1 aromatic rings. The Bertz CT molecular complexity index is 690. The molecule has 2 atom stereocenters. The molecule has 1 N–H and O–H groups in total. The van der Waals surface area contributed by atoms with E-state index in [-0.39, 0.29) is 0 Å². The molecule has 3 fully saturated rings. The highest BCUT2D eigenvalue weighted by Gasteiger charge is 2.38. The zero-order valence-corrected chi connectivity index (χ0v) is 18.4. The predicted octanol–water partition coefficient (Wildman–Crippen LogP) is 4.41. The van der Waals surface area contributed by atoms with Crippen molar-refractivity contribution in [2.75, 3.05) is 39.5 Å². The number of nitrogens with zero attached hydrogens (tertiary/aromatic N) is 1. The first kappa shape index (κ1) is 25.0. The summed E-state index contributed by atoms with van der Waals surface area (Å²) < 4.78 is 43.7. The van der Waals surface area contributed by atoms with Crippen molar-refractivity contribution in [2.45, 2.75) is 50.8 Å². The van der Waals surface area contributed by atoms with Gasteiger partial charge in [0.2, 0.25) is 0 Å². The molecule has 2 heterocycles. The largest absolute Gasteiger partial charge is 0.490 e. The van der Waals surface area contributed by atoms with Gasteiger partial charge >= 0.3 is 12.1 Å². The van der Waals surface area contributed by atoms with Crippen molar-refractivity contribution in [1.29, 1.82) is 0 Å². The number of ether oxygens (including phenoxy) is 2. The summed E-state index contributed by atoms with van der Waals surface area (Å²) in [6.07, 6.45) is 2.94. The third kappa shape index (κ3) is 8.71. The smallest absolute Gasteiger partial charge is 0.475 e. The number of piperidine rings is 1. The monoisotopic (exact) mass is 457 g/mol. The summed E-state index contributed by atoms with van der Waals surface area (Å²) in [6.45, 7) is 6.52. The average molecular weight is 458 g/mol. The van der Waals surface area contributed by atoms with Gasteiger partial charge in [0.15, 0.2) is 0 Å². The molecule has 1 aliphatic carbocycles. The van der Waals surface area contributed by atoms with Crippen molar-refractivity contribution < 1.29 is 32.5 Å². The molecule has 0 bridgehead atoms. The number of likely N-dealkylation sites (tertiary alicyclic amines) is 1. The first-order chi connectivity index (χ1) is 15.3. The van der Waals surface area contributed by atoms with Crippen LogP contribution in [-0.2, 0) is 20.7 Å². The van der Waals surface area contributed by atoms with Crippen LogP contribution in [0.4, 0.5) is 13.2 Å². The van der Waals surface area contributed by atoms with E-state index in [1.807, 2.05) is 0 Å². The third-order valence-electron chi connectivity index (χ3n) is 6.43. The summed E-state index contributed by atoms with van der Waals surface area (Å²) in [4.78, 5) is 11.6. The first-order valence-electron chi connectivity index (χ1n) is 11.6. The van der Waals surface area contributed by atoms with Crippen LogP contribution in [0.1, 0.15) is 37.7 Å². The lowest BCUT2D eigenvalue weighted by Crippen LogP contribution is -2.46. The number of aliphatic carboxylic acids is 1. The van der Waals surface area contributed by atoms with E-state index in [9.17, 15) is 13.2 Å². The molecule has 0 radical (unpaired) electrons. The number of benzene rings is 1. The molecule has 4 rings (SSSR count). The fourth-order valence-corrected chi connectivity index (χ4v) is 4.42. The van der Waals surface area contributed by atoms with E-state index in [0.717, 1.165) is 32.2 Å². The topological polar surface area (TPSA) is 59.0 Å². The van der Waals surface area contributed by atoms with Gasteiger partial charge < -0.3 is 19.5 Å². The van der Waals surface area contributed by atoms with Crippen LogP contribution in [0.3, 0.4) is 0 Å². The van der Waals surface area contributed by atoms with Gasteiger partial charge in [-0.1, -0.05) is 30.3 Å². The minimum atomic E-state index is -5.08. The number of carboxylic acids is 1. The summed E-state index contributed by atoms with van der Waals surface area (Å²) >= 11 is 0. The summed E-state index contributed by atoms with van der Waals surface area (Å²) in [5.74, 6) is -0.435. The van der Waals surface area contributed by atoms with E-state index >= 15 is 0 Å². The predicted molar refractivity (Wildman–Crippen MR) is 114 cm³/mol. The Morgan fingerprint density at radius 3 is 2.31 bits per heavy atom. The maximum absolute atomic E-state index is 10.6. The Hall–Kier alpha value is -1.64. The molecule has 3 aliphatic rings. The standard InChI is InChI=1S/C22H33NO2.C2HF3O2/c1-2-4-18(5-3-1)14-21-16-23(15-19-6-7-19)11-8-22(21)25-17-20-9-12-24-13-10-20;3-2(4,5)1(6)7/h1-5,19-22H,6-17H2;(H,6,7)/t21-,22-;/m0./s1. The molecule has 180 valence electrons. The Labute approximate surface area is 187 Å². The molecule has 5 nitrogen and oxygen atoms in total. The van der Waals surface area contributed by atoms with E-state index < -0.39 is 12.1 Å². The maximum Gasteiger partial charge on any atom is 0.490 e. The number of carbonyl (C=O) groups is 1. The van der Waals surface area contributed by atoms with Gasteiger partial charge in [0.1, 0.15) is 0 Å². The van der Waals surface area contributed by atoms with Crippen molar-refractivity contribution in [3.63, 3.8) is 0 Å². The quantitative estimate of drug-likeness (QED) is 0.658. The summed E-state index contributed by atoms with van der Waals surface area (Å²) in [7, 11) is 0. The SMILES string of the molecule is O=C(O)C(F)(F)F.c1ccc(C[C@H]2CN(CC3CC3)CC[C@@H]2OCC2CCOCC2)cc1. The highest BCUT2D eigenvalue weighted by molar-refractivity contribution is 5.73. The van der Waals surface area contributed by atoms with Crippen LogP contribution in [0.25, 0.3) is 0 Å². The molecular formula is C24H34F3NO4. The summed E-state index contributed by atoms with van der Waals surface area (Å²) in [5, 5.41) is 7.12. The molecule has 0 amide bonds. The molecule has 2 aliphatic heterocycles. The van der Waals surface area contributed by atoms with Crippen molar-refractivity contribution >= 4 is 5.97 Å². The molecule has 1 saturated carbocycles. The van der Waals surface area contributed by atoms with Crippen LogP contribution in [0.5, 0.6) is 0 Å². The molecule has 0 spiro atoms. The number of hydrogen-bond donors (Lipinski definition) is 1. The first-order valence-corrected chi connectivity index (χ1v) is 11.6. The number of alkyl halides is 3. The summed E-state index contributed by atoms with van der Waals surface area (Å²) in [6, 6.07) is 11.0. The van der Waals surface area contributed by atoms with Gasteiger partial charge in [0.05, 0.1) is 6.10 Å². The number of rotatable bonds is 7. The number of hydrogen-bond acceptors (Lipinski definition) is 4. The molecule has 2 saturated heterocycles. The second-order valence-corrected chi connectivity index (χ2v) is 9.17. The lowest BCUT2D eigenvalue weighted by atomic mass is 9.88. The van der Waals surface area contributed by atoms with Crippen LogP contribution >= 0.6 is 0 Å². The molecule has 1 aromatic carbocycles. The lowest BCUT2D eigenvalue weighted by molar-refractivity contribution is -0.192. The van der Waals surface area contributed by atoms with Gasteiger partial charge in [-0.05, 0) is 55.9 Å². The highest BCUT2D eigenvalue weighted by Crippen LogP contribution is 2.32. The Morgan fingerprint density at radius 1 is 1.06 bits per heavy atom. The van der Waals surface area contributed by atoms with Crippen LogP contribution < -0.4 is 0 Å². The van der Waals surface area contributed by atoms with Gasteiger partial charge in [0.25, 0.3) is 0 Å². The van der Waals surface area contributed by atoms with E-state index in [2.05, 4.69) is 35.2 Å². The Morgan fingerprint density at radius 2 is 1.72 bits per heavy atom. The van der Waals surface area contributed by atoms with Gasteiger partial charge in [0, 0.05) is 45.4 Å². The fourth-order valence-electron chi connectivity index (χ4n) is 4.42. The highest BCUT2D eigenvalue weighted by atomic mass is 19.4. The molecular weight excluding hydrogens is 423 g/mol. The minimum Gasteiger partial charge on any atom is -0.475 e. The van der Waals surface area contributed by atoms with E-state index in [1.165, 1.54) is 57.3 Å².